The molecule has 2 aliphatic rings. The first kappa shape index (κ1) is 18.2. The third-order valence-corrected chi connectivity index (χ3v) is 5.10. The van der Waals surface area contributed by atoms with Gasteiger partial charge in [0.15, 0.2) is 11.5 Å². The number of nitrogens with zero attached hydrogens (tertiary/aromatic N) is 1. The van der Waals surface area contributed by atoms with Crippen molar-refractivity contribution in [2.24, 2.45) is 0 Å². The zero-order valence-electron chi connectivity index (χ0n) is 13.2. The molecule has 0 bridgehead atoms. The van der Waals surface area contributed by atoms with Gasteiger partial charge in [-0.2, -0.15) is 11.8 Å². The molecule has 0 aromatic heterocycles. The fraction of sp³-hybridized carbons (Fsp3) is 0.562. The summed E-state index contributed by atoms with van der Waals surface area (Å²) in [4.78, 5) is 14.4. The lowest BCUT2D eigenvalue weighted by molar-refractivity contribution is -0.132. The number of hydrogen-bond acceptors (Lipinski definition) is 5. The fourth-order valence-corrected chi connectivity index (χ4v) is 3.68. The van der Waals surface area contributed by atoms with E-state index in [2.05, 4.69) is 5.32 Å². The van der Waals surface area contributed by atoms with Gasteiger partial charge >= 0.3 is 0 Å². The monoisotopic (exact) mass is 358 g/mol. The summed E-state index contributed by atoms with van der Waals surface area (Å²) in [5, 5.41) is 3.42. The highest BCUT2D eigenvalue weighted by atomic mass is 35.5. The molecule has 23 heavy (non-hydrogen) atoms. The van der Waals surface area contributed by atoms with Gasteiger partial charge in [-0.1, -0.05) is 6.07 Å². The Balaban J connectivity index is 0.00000192. The zero-order chi connectivity index (χ0) is 15.4. The Bertz CT molecular complexity index is 538. The maximum atomic E-state index is 12.5. The van der Waals surface area contributed by atoms with Crippen molar-refractivity contribution in [1.82, 2.24) is 10.2 Å². The van der Waals surface area contributed by atoms with Crippen LogP contribution in [0.4, 0.5) is 0 Å². The molecule has 1 atom stereocenters. The number of hydrogen-bond donors (Lipinski definition) is 1. The highest BCUT2D eigenvalue weighted by Crippen LogP contribution is 2.32. The van der Waals surface area contributed by atoms with Gasteiger partial charge in [0, 0.05) is 43.6 Å². The van der Waals surface area contributed by atoms with Crippen molar-refractivity contribution in [2.75, 3.05) is 31.4 Å². The van der Waals surface area contributed by atoms with Crippen LogP contribution in [0, 0.1) is 0 Å². The Morgan fingerprint density at radius 1 is 1.39 bits per heavy atom. The van der Waals surface area contributed by atoms with E-state index in [0.717, 1.165) is 35.1 Å². The topological polar surface area (TPSA) is 50.8 Å². The van der Waals surface area contributed by atoms with E-state index >= 15 is 0 Å². The van der Waals surface area contributed by atoms with Crippen LogP contribution in [0.25, 0.3) is 0 Å². The summed E-state index contributed by atoms with van der Waals surface area (Å²) in [6, 6.07) is 6.18. The average Bonchev–Trinajstić information content (AvgIpc) is 3.01. The molecule has 1 unspecified atom stereocenters. The molecule has 0 saturated carbocycles. The van der Waals surface area contributed by atoms with Gasteiger partial charge in [0.1, 0.15) is 0 Å². The summed E-state index contributed by atoms with van der Waals surface area (Å²) in [5.41, 5.74) is 1.07. The maximum absolute atomic E-state index is 12.5. The molecule has 2 heterocycles. The van der Waals surface area contributed by atoms with E-state index in [4.69, 9.17) is 9.47 Å². The van der Waals surface area contributed by atoms with Gasteiger partial charge < -0.3 is 19.7 Å². The molecule has 1 aromatic rings. The molecule has 1 fully saturated rings. The molecule has 5 nitrogen and oxygen atoms in total. The Hall–Kier alpha value is -1.11. The van der Waals surface area contributed by atoms with Crippen molar-refractivity contribution in [3.8, 4) is 11.5 Å². The molecular formula is C16H23ClN2O3S. The predicted molar refractivity (Wildman–Crippen MR) is 94.6 cm³/mol. The average molecular weight is 359 g/mol. The second kappa shape index (κ2) is 8.66. The van der Waals surface area contributed by atoms with Crippen LogP contribution < -0.4 is 14.8 Å². The van der Waals surface area contributed by atoms with E-state index in [-0.39, 0.29) is 25.1 Å². The normalized spacial score (nSPS) is 19.1. The highest BCUT2D eigenvalue weighted by Gasteiger charge is 2.21. The SMILES string of the molecule is CCN(Cc1ccc2c(c1)OCO2)C(=O)CC1CSCCN1.Cl. The van der Waals surface area contributed by atoms with Crippen LogP contribution in [-0.2, 0) is 11.3 Å². The minimum absolute atomic E-state index is 0. The van der Waals surface area contributed by atoms with Crippen molar-refractivity contribution in [3.05, 3.63) is 23.8 Å². The van der Waals surface area contributed by atoms with Crippen LogP contribution in [0.5, 0.6) is 11.5 Å². The molecule has 0 spiro atoms. The molecule has 3 rings (SSSR count). The number of ether oxygens (including phenoxy) is 2. The van der Waals surface area contributed by atoms with Crippen molar-refractivity contribution < 1.29 is 14.3 Å². The van der Waals surface area contributed by atoms with Gasteiger partial charge in [-0.25, -0.2) is 0 Å². The van der Waals surface area contributed by atoms with E-state index < -0.39 is 0 Å². The lowest BCUT2D eigenvalue weighted by atomic mass is 10.1. The van der Waals surface area contributed by atoms with Crippen LogP contribution in [0.15, 0.2) is 18.2 Å². The first-order valence-corrected chi connectivity index (χ1v) is 8.89. The number of halogens is 1. The highest BCUT2D eigenvalue weighted by molar-refractivity contribution is 7.99. The first-order valence-electron chi connectivity index (χ1n) is 7.73. The molecule has 1 aromatic carbocycles. The number of carbonyl (C=O) groups excluding carboxylic acids is 1. The molecular weight excluding hydrogens is 336 g/mol. The molecule has 2 aliphatic heterocycles. The summed E-state index contributed by atoms with van der Waals surface area (Å²) in [7, 11) is 0. The fourth-order valence-electron chi connectivity index (χ4n) is 2.73. The summed E-state index contributed by atoms with van der Waals surface area (Å²) in [5.74, 6) is 3.92. The Labute approximate surface area is 147 Å². The van der Waals surface area contributed by atoms with Crippen molar-refractivity contribution in [1.29, 1.82) is 0 Å². The number of nitrogens with one attached hydrogen (secondary N) is 1. The Kier molecular flexibility index (Phi) is 6.87. The summed E-state index contributed by atoms with van der Waals surface area (Å²) in [6.07, 6.45) is 0.575. The predicted octanol–water partition coefficient (Wildman–Crippen LogP) is 2.28. The second-order valence-electron chi connectivity index (χ2n) is 5.53. The third-order valence-electron chi connectivity index (χ3n) is 3.96. The third kappa shape index (κ3) is 4.68. The maximum Gasteiger partial charge on any atom is 0.231 e. The number of thioether (sulfide) groups is 1. The van der Waals surface area contributed by atoms with Gasteiger partial charge in [0.2, 0.25) is 12.7 Å². The molecule has 0 radical (unpaired) electrons. The Morgan fingerprint density at radius 3 is 2.96 bits per heavy atom. The molecule has 0 aliphatic carbocycles. The van der Waals surface area contributed by atoms with Gasteiger partial charge in [-0.3, -0.25) is 4.79 Å². The molecule has 1 N–H and O–H groups in total. The number of rotatable bonds is 5. The van der Waals surface area contributed by atoms with Crippen LogP contribution >= 0.6 is 24.2 Å². The quantitative estimate of drug-likeness (QED) is 0.875. The molecule has 1 amide bonds. The van der Waals surface area contributed by atoms with E-state index in [1.165, 1.54) is 0 Å². The van der Waals surface area contributed by atoms with E-state index in [1.807, 2.05) is 41.8 Å². The van der Waals surface area contributed by atoms with Crippen LogP contribution in [0.2, 0.25) is 0 Å². The second-order valence-corrected chi connectivity index (χ2v) is 6.68. The Morgan fingerprint density at radius 2 is 2.22 bits per heavy atom. The number of benzene rings is 1. The van der Waals surface area contributed by atoms with Crippen LogP contribution in [0.1, 0.15) is 18.9 Å². The number of carbonyl (C=O) groups is 1. The summed E-state index contributed by atoms with van der Waals surface area (Å²) >= 11 is 1.92. The first-order chi connectivity index (χ1) is 10.8. The van der Waals surface area contributed by atoms with Crippen molar-refractivity contribution in [3.63, 3.8) is 0 Å². The molecule has 128 valence electrons. The van der Waals surface area contributed by atoms with Gasteiger partial charge in [0.25, 0.3) is 0 Å². The largest absolute Gasteiger partial charge is 0.454 e. The summed E-state index contributed by atoms with van der Waals surface area (Å²) in [6.45, 7) is 4.63. The number of amides is 1. The van der Waals surface area contributed by atoms with Gasteiger partial charge in [-0.15, -0.1) is 12.4 Å². The van der Waals surface area contributed by atoms with Crippen LogP contribution in [0.3, 0.4) is 0 Å². The smallest absolute Gasteiger partial charge is 0.231 e. The van der Waals surface area contributed by atoms with Gasteiger partial charge in [0.05, 0.1) is 0 Å². The van der Waals surface area contributed by atoms with Crippen LogP contribution in [-0.4, -0.2) is 48.2 Å². The molecule has 7 heteroatoms. The number of fused-ring (bicyclic) bond motifs is 1. The van der Waals surface area contributed by atoms with Crippen molar-refractivity contribution in [2.45, 2.75) is 25.9 Å². The van der Waals surface area contributed by atoms with E-state index in [0.29, 0.717) is 25.6 Å². The minimum atomic E-state index is 0. The van der Waals surface area contributed by atoms with E-state index in [1.54, 1.807) is 0 Å². The van der Waals surface area contributed by atoms with E-state index in [9.17, 15) is 4.79 Å². The minimum Gasteiger partial charge on any atom is -0.454 e. The van der Waals surface area contributed by atoms with Gasteiger partial charge in [-0.05, 0) is 24.6 Å². The lowest BCUT2D eigenvalue weighted by Gasteiger charge is -2.27. The molecule has 1 saturated heterocycles. The zero-order valence-corrected chi connectivity index (χ0v) is 14.9. The van der Waals surface area contributed by atoms with Crippen molar-refractivity contribution >= 4 is 30.1 Å². The lowest BCUT2D eigenvalue weighted by Crippen LogP contribution is -2.42. The standard InChI is InChI=1S/C16H22N2O3S.ClH/c1-2-18(16(19)8-13-10-22-6-5-17-13)9-12-3-4-14-15(7-12)21-11-20-14;/h3-4,7,13,17H,2,5-6,8-11H2,1H3;1H. The summed E-state index contributed by atoms with van der Waals surface area (Å²) < 4.78 is 10.7.